The van der Waals surface area contributed by atoms with E-state index in [1.165, 1.54) is 21.7 Å². The second-order valence-electron chi connectivity index (χ2n) is 9.99. The van der Waals surface area contributed by atoms with Gasteiger partial charge in [-0.2, -0.15) is 5.10 Å². The largest absolute Gasteiger partial charge is 0.487 e. The molecular formula is C28H26F2N6O5. The van der Waals surface area contributed by atoms with Crippen LogP contribution in [-0.4, -0.2) is 67.3 Å². The SMILES string of the molecule is NC(=O)C(O)c1cn2nc(-c3cnc4c(c3)C(=O)N(Cc3cc(F)cc(F)c3OC3CCOCC3)CC4)ccc2n1. The fourth-order valence-electron chi connectivity index (χ4n) is 5.04. The van der Waals surface area contributed by atoms with Gasteiger partial charge in [0.1, 0.15) is 11.9 Å². The summed E-state index contributed by atoms with van der Waals surface area (Å²) in [5, 5.41) is 14.4. The number of hydrogen-bond donors (Lipinski definition) is 2. The van der Waals surface area contributed by atoms with E-state index >= 15 is 0 Å². The van der Waals surface area contributed by atoms with Gasteiger partial charge in [0.2, 0.25) is 0 Å². The summed E-state index contributed by atoms with van der Waals surface area (Å²) in [6.45, 7) is 1.27. The lowest BCUT2D eigenvalue weighted by Gasteiger charge is -2.30. The number of amides is 2. The maximum Gasteiger partial charge on any atom is 0.256 e. The van der Waals surface area contributed by atoms with Crippen LogP contribution in [0, 0.1) is 11.6 Å². The molecule has 13 heteroatoms. The Balaban J connectivity index is 1.26. The van der Waals surface area contributed by atoms with Gasteiger partial charge in [0, 0.05) is 55.7 Å². The number of ether oxygens (including phenoxy) is 2. The van der Waals surface area contributed by atoms with E-state index in [2.05, 4.69) is 15.1 Å². The number of nitrogens with two attached hydrogens (primary N) is 1. The molecular weight excluding hydrogens is 538 g/mol. The van der Waals surface area contributed by atoms with Gasteiger partial charge in [-0.05, 0) is 24.3 Å². The Morgan fingerprint density at radius 2 is 2.02 bits per heavy atom. The van der Waals surface area contributed by atoms with Crippen LogP contribution in [0.25, 0.3) is 16.9 Å². The average molecular weight is 565 g/mol. The summed E-state index contributed by atoms with van der Waals surface area (Å²) in [6, 6.07) is 6.97. The first-order chi connectivity index (χ1) is 19.8. The van der Waals surface area contributed by atoms with Crippen LogP contribution in [0.5, 0.6) is 5.75 Å². The molecule has 2 aliphatic rings. The number of rotatable bonds is 7. The second-order valence-corrected chi connectivity index (χ2v) is 9.99. The van der Waals surface area contributed by atoms with Gasteiger partial charge in [0.25, 0.3) is 11.8 Å². The Labute approximate surface area is 232 Å². The van der Waals surface area contributed by atoms with Crippen LogP contribution in [0.2, 0.25) is 0 Å². The van der Waals surface area contributed by atoms with Crippen molar-refractivity contribution in [3.8, 4) is 17.0 Å². The van der Waals surface area contributed by atoms with Gasteiger partial charge in [-0.15, -0.1) is 0 Å². The van der Waals surface area contributed by atoms with Crippen LogP contribution in [0.4, 0.5) is 8.78 Å². The lowest BCUT2D eigenvalue weighted by atomic mass is 10.0. The molecule has 2 amide bonds. The molecule has 3 N–H and O–H groups in total. The van der Waals surface area contributed by atoms with Crippen molar-refractivity contribution in [2.45, 2.75) is 38.0 Å². The molecule has 4 aromatic rings. The Hall–Kier alpha value is -4.49. The predicted octanol–water partition coefficient (Wildman–Crippen LogP) is 2.34. The minimum Gasteiger partial charge on any atom is -0.487 e. The summed E-state index contributed by atoms with van der Waals surface area (Å²) in [4.78, 5) is 35.0. The highest BCUT2D eigenvalue weighted by molar-refractivity contribution is 5.97. The van der Waals surface area contributed by atoms with E-state index in [4.69, 9.17) is 15.2 Å². The molecule has 0 saturated carbocycles. The number of aromatic nitrogens is 4. The Kier molecular flexibility index (Phi) is 7.05. The molecule has 6 rings (SSSR count). The highest BCUT2D eigenvalue weighted by Gasteiger charge is 2.29. The minimum atomic E-state index is -1.57. The maximum absolute atomic E-state index is 14.8. The van der Waals surface area contributed by atoms with E-state index in [1.54, 1.807) is 24.4 Å². The highest BCUT2D eigenvalue weighted by atomic mass is 19.1. The molecule has 5 heterocycles. The predicted molar refractivity (Wildman–Crippen MR) is 140 cm³/mol. The van der Waals surface area contributed by atoms with E-state index in [1.807, 2.05) is 0 Å². The molecule has 1 unspecified atom stereocenters. The highest BCUT2D eigenvalue weighted by Crippen LogP contribution is 2.31. The van der Waals surface area contributed by atoms with Crippen LogP contribution in [0.3, 0.4) is 0 Å². The van der Waals surface area contributed by atoms with Crippen LogP contribution in [0.15, 0.2) is 42.7 Å². The molecule has 41 heavy (non-hydrogen) atoms. The van der Waals surface area contributed by atoms with Gasteiger partial charge in [-0.3, -0.25) is 14.6 Å². The third-order valence-corrected chi connectivity index (χ3v) is 7.19. The van der Waals surface area contributed by atoms with Gasteiger partial charge in [0.05, 0.1) is 42.1 Å². The second kappa shape index (κ2) is 10.8. The van der Waals surface area contributed by atoms with E-state index in [0.717, 1.165) is 6.07 Å². The standard InChI is InChI=1S/C28H26F2N6O5/c29-17-9-16(26(20(30)11-17)41-18-4-7-40-8-5-18)13-35-6-3-22-19(28(35)39)10-15(12-32-22)21-1-2-24-33-23(14-36(24)34-21)25(37)27(31)38/h1-2,9-12,14,18,25,37H,3-8,13H2,(H2,31,38). The number of aliphatic hydroxyl groups is 1. The smallest absolute Gasteiger partial charge is 0.256 e. The first-order valence-corrected chi connectivity index (χ1v) is 13.1. The fourth-order valence-corrected chi connectivity index (χ4v) is 5.04. The summed E-state index contributed by atoms with van der Waals surface area (Å²) >= 11 is 0. The van der Waals surface area contributed by atoms with Crippen LogP contribution in [0.1, 0.15) is 46.3 Å². The van der Waals surface area contributed by atoms with Crippen LogP contribution >= 0.6 is 0 Å². The molecule has 11 nitrogen and oxygen atoms in total. The molecule has 212 valence electrons. The molecule has 1 fully saturated rings. The first-order valence-electron chi connectivity index (χ1n) is 13.1. The number of imidazole rings is 1. The number of carbonyl (C=O) groups excluding carboxylic acids is 2. The lowest BCUT2D eigenvalue weighted by molar-refractivity contribution is -0.126. The third kappa shape index (κ3) is 5.33. The summed E-state index contributed by atoms with van der Waals surface area (Å²) in [7, 11) is 0. The van der Waals surface area contributed by atoms with Crippen molar-refractivity contribution in [1.29, 1.82) is 0 Å². The van der Waals surface area contributed by atoms with E-state index < -0.39 is 23.6 Å². The molecule has 0 spiro atoms. The fraction of sp³-hybridized carbons (Fsp3) is 0.321. The molecule has 0 bridgehead atoms. The molecule has 3 aromatic heterocycles. The van der Waals surface area contributed by atoms with Crippen LogP contribution < -0.4 is 10.5 Å². The minimum absolute atomic E-state index is 0.0417. The van der Waals surface area contributed by atoms with Crippen molar-refractivity contribution in [2.75, 3.05) is 19.8 Å². The van der Waals surface area contributed by atoms with Crippen LogP contribution in [-0.2, 0) is 22.5 Å². The maximum atomic E-state index is 14.8. The number of pyridine rings is 1. The molecule has 0 aliphatic carbocycles. The van der Waals surface area contributed by atoms with Crippen molar-refractivity contribution in [3.63, 3.8) is 0 Å². The lowest BCUT2D eigenvalue weighted by Crippen LogP contribution is -2.38. The number of aliphatic hydroxyl groups excluding tert-OH is 1. The summed E-state index contributed by atoms with van der Waals surface area (Å²) in [5.74, 6) is -2.88. The zero-order chi connectivity index (χ0) is 28.7. The monoisotopic (exact) mass is 564 g/mol. The average Bonchev–Trinajstić information content (AvgIpc) is 3.40. The summed E-state index contributed by atoms with van der Waals surface area (Å²) in [6.07, 6.45) is 2.81. The summed E-state index contributed by atoms with van der Waals surface area (Å²) in [5.41, 5.74) is 7.83. The van der Waals surface area contributed by atoms with Gasteiger partial charge in [-0.1, -0.05) is 0 Å². The number of benzene rings is 1. The van der Waals surface area contributed by atoms with Crippen molar-refractivity contribution in [3.05, 3.63) is 76.9 Å². The van der Waals surface area contributed by atoms with Crippen molar-refractivity contribution >= 4 is 17.5 Å². The van der Waals surface area contributed by atoms with E-state index in [-0.39, 0.29) is 35.6 Å². The number of primary amides is 1. The number of carbonyl (C=O) groups is 2. The van der Waals surface area contributed by atoms with Gasteiger partial charge < -0.3 is 25.2 Å². The Bertz CT molecular complexity index is 1650. The van der Waals surface area contributed by atoms with Gasteiger partial charge >= 0.3 is 0 Å². The summed E-state index contributed by atoms with van der Waals surface area (Å²) < 4.78 is 41.7. The zero-order valence-electron chi connectivity index (χ0n) is 21.8. The number of halogens is 2. The third-order valence-electron chi connectivity index (χ3n) is 7.19. The van der Waals surface area contributed by atoms with Gasteiger partial charge in [0.15, 0.2) is 23.3 Å². The molecule has 1 atom stereocenters. The van der Waals surface area contributed by atoms with E-state index in [9.17, 15) is 23.5 Å². The topological polar surface area (TPSA) is 145 Å². The molecule has 0 radical (unpaired) electrons. The zero-order valence-corrected chi connectivity index (χ0v) is 21.8. The van der Waals surface area contributed by atoms with Gasteiger partial charge in [-0.25, -0.2) is 18.3 Å². The Morgan fingerprint density at radius 3 is 2.80 bits per heavy atom. The van der Waals surface area contributed by atoms with Crippen molar-refractivity contribution in [1.82, 2.24) is 24.5 Å². The number of fused-ring (bicyclic) bond motifs is 2. The molecule has 1 aromatic carbocycles. The molecule has 2 aliphatic heterocycles. The molecule has 1 saturated heterocycles. The van der Waals surface area contributed by atoms with Crippen molar-refractivity contribution < 1.29 is 33.0 Å². The van der Waals surface area contributed by atoms with Crippen molar-refractivity contribution in [2.24, 2.45) is 5.73 Å². The van der Waals surface area contributed by atoms with E-state index in [0.29, 0.717) is 67.2 Å². The number of nitrogens with zero attached hydrogens (tertiary/aromatic N) is 5. The normalized spacial score (nSPS) is 16.6. The Morgan fingerprint density at radius 1 is 1.22 bits per heavy atom. The number of hydrogen-bond acceptors (Lipinski definition) is 8. The first kappa shape index (κ1) is 26.7. The quantitative estimate of drug-likeness (QED) is 0.348.